The molecule has 26 heavy (non-hydrogen) atoms. The van der Waals surface area contributed by atoms with Gasteiger partial charge in [0, 0.05) is 32.6 Å². The first kappa shape index (κ1) is 16.4. The molecule has 0 fully saturated rings. The minimum Gasteiger partial charge on any atom is -0.488 e. The first-order valence-corrected chi connectivity index (χ1v) is 8.81. The minimum atomic E-state index is 0.131. The zero-order chi connectivity index (χ0) is 17.8. The third-order valence-corrected chi connectivity index (χ3v) is 4.46. The number of nitrogens with zero attached hydrogens (tertiary/aromatic N) is 4. The van der Waals surface area contributed by atoms with Crippen LogP contribution in [0.25, 0.3) is 5.65 Å². The highest BCUT2D eigenvalue weighted by atomic mass is 16.5. The van der Waals surface area contributed by atoms with Gasteiger partial charge in [-0.05, 0) is 23.8 Å². The Bertz CT molecular complexity index is 894. The second-order valence-electron chi connectivity index (χ2n) is 6.23. The summed E-state index contributed by atoms with van der Waals surface area (Å²) >= 11 is 0. The molecule has 1 unspecified atom stereocenters. The van der Waals surface area contributed by atoms with Crippen molar-refractivity contribution in [2.75, 3.05) is 20.1 Å². The maximum absolute atomic E-state index is 5.95. The predicted octanol–water partition coefficient (Wildman–Crippen LogP) is 1.44. The highest BCUT2D eigenvalue weighted by Gasteiger charge is 2.22. The lowest BCUT2D eigenvalue weighted by Gasteiger charge is -2.15. The third kappa shape index (κ3) is 3.46. The fourth-order valence-corrected chi connectivity index (χ4v) is 3.15. The van der Waals surface area contributed by atoms with E-state index in [1.165, 1.54) is 5.56 Å². The van der Waals surface area contributed by atoms with E-state index in [1.807, 2.05) is 47.0 Å². The number of rotatable bonds is 5. The van der Waals surface area contributed by atoms with Gasteiger partial charge in [0.1, 0.15) is 17.7 Å². The maximum atomic E-state index is 5.95. The van der Waals surface area contributed by atoms with E-state index in [0.29, 0.717) is 6.54 Å². The summed E-state index contributed by atoms with van der Waals surface area (Å²) in [5.41, 5.74) is 2.13. The highest BCUT2D eigenvalue weighted by Crippen LogP contribution is 2.27. The minimum absolute atomic E-state index is 0.131. The van der Waals surface area contributed by atoms with Crippen LogP contribution in [0.3, 0.4) is 0 Å². The van der Waals surface area contributed by atoms with Gasteiger partial charge in [-0.25, -0.2) is 0 Å². The molecular formula is C19H22N6O. The standard InChI is InChI=1S/C19H22N6O/c1-20-19(22-13-15-12-14-6-2-3-7-16(14)26-15)21-10-9-18-24-23-17-8-4-5-11-25(17)18/h2-8,11,15H,9-10,12-13H2,1H3,(H2,20,21,22). The van der Waals surface area contributed by atoms with Gasteiger partial charge in [0.25, 0.3) is 0 Å². The van der Waals surface area contributed by atoms with Gasteiger partial charge >= 0.3 is 0 Å². The van der Waals surface area contributed by atoms with Crippen LogP contribution in [0.5, 0.6) is 5.75 Å². The molecule has 3 heterocycles. The number of ether oxygens (including phenoxy) is 1. The van der Waals surface area contributed by atoms with Gasteiger partial charge in [0.05, 0.1) is 6.54 Å². The number of guanidine groups is 1. The zero-order valence-electron chi connectivity index (χ0n) is 14.7. The van der Waals surface area contributed by atoms with Crippen molar-refractivity contribution in [2.45, 2.75) is 18.9 Å². The number of nitrogens with one attached hydrogen (secondary N) is 2. The summed E-state index contributed by atoms with van der Waals surface area (Å²) in [6.07, 6.45) is 3.79. The lowest BCUT2D eigenvalue weighted by atomic mass is 10.1. The van der Waals surface area contributed by atoms with Crippen LogP contribution in [0.15, 0.2) is 53.7 Å². The number of aromatic nitrogens is 3. The molecule has 1 aliphatic rings. The molecule has 1 atom stereocenters. The number of pyridine rings is 1. The largest absolute Gasteiger partial charge is 0.488 e. The Labute approximate surface area is 152 Å². The van der Waals surface area contributed by atoms with Gasteiger partial charge < -0.3 is 15.4 Å². The first-order chi connectivity index (χ1) is 12.8. The van der Waals surface area contributed by atoms with Crippen molar-refractivity contribution < 1.29 is 4.74 Å². The molecule has 2 aromatic heterocycles. The van der Waals surface area contributed by atoms with Crippen LogP contribution in [0.1, 0.15) is 11.4 Å². The highest BCUT2D eigenvalue weighted by molar-refractivity contribution is 5.79. The fourth-order valence-electron chi connectivity index (χ4n) is 3.15. The van der Waals surface area contributed by atoms with Gasteiger partial charge in [0.15, 0.2) is 11.6 Å². The summed E-state index contributed by atoms with van der Waals surface area (Å²) in [4.78, 5) is 4.28. The molecular weight excluding hydrogens is 328 g/mol. The van der Waals surface area contributed by atoms with Crippen LogP contribution >= 0.6 is 0 Å². The molecule has 0 amide bonds. The van der Waals surface area contributed by atoms with E-state index in [2.05, 4.69) is 31.9 Å². The second-order valence-corrected chi connectivity index (χ2v) is 6.23. The van der Waals surface area contributed by atoms with Crippen molar-refractivity contribution in [3.05, 3.63) is 60.0 Å². The van der Waals surface area contributed by atoms with Crippen molar-refractivity contribution >= 4 is 11.6 Å². The van der Waals surface area contributed by atoms with Crippen molar-refractivity contribution in [2.24, 2.45) is 4.99 Å². The summed E-state index contributed by atoms with van der Waals surface area (Å²) in [7, 11) is 1.77. The quantitative estimate of drug-likeness (QED) is 0.538. The summed E-state index contributed by atoms with van der Waals surface area (Å²) < 4.78 is 7.95. The number of para-hydroxylation sites is 1. The molecule has 1 aliphatic heterocycles. The summed E-state index contributed by atoms with van der Waals surface area (Å²) in [5.74, 6) is 2.68. The van der Waals surface area contributed by atoms with Crippen LogP contribution in [-0.4, -0.2) is 46.8 Å². The molecule has 0 spiro atoms. The molecule has 0 saturated carbocycles. The lowest BCUT2D eigenvalue weighted by Crippen LogP contribution is -2.43. The summed E-state index contributed by atoms with van der Waals surface area (Å²) in [5, 5.41) is 15.1. The molecule has 2 N–H and O–H groups in total. The van der Waals surface area contributed by atoms with Gasteiger partial charge in [-0.3, -0.25) is 9.39 Å². The molecule has 0 bridgehead atoms. The SMILES string of the molecule is CN=C(NCCc1nnc2ccccn12)NCC1Cc2ccccc2O1. The van der Waals surface area contributed by atoms with E-state index in [1.54, 1.807) is 7.05 Å². The van der Waals surface area contributed by atoms with E-state index in [0.717, 1.165) is 42.6 Å². The zero-order valence-corrected chi connectivity index (χ0v) is 14.7. The number of fused-ring (bicyclic) bond motifs is 2. The van der Waals surface area contributed by atoms with E-state index in [9.17, 15) is 0 Å². The average Bonchev–Trinajstić information content (AvgIpc) is 3.28. The van der Waals surface area contributed by atoms with E-state index >= 15 is 0 Å². The average molecular weight is 350 g/mol. The van der Waals surface area contributed by atoms with Crippen LogP contribution in [0, 0.1) is 0 Å². The Morgan fingerprint density at radius 1 is 1.19 bits per heavy atom. The molecule has 134 valence electrons. The topological polar surface area (TPSA) is 75.8 Å². The van der Waals surface area contributed by atoms with Crippen LogP contribution < -0.4 is 15.4 Å². The molecule has 0 aliphatic carbocycles. The number of hydrogen-bond donors (Lipinski definition) is 2. The molecule has 0 radical (unpaired) electrons. The van der Waals surface area contributed by atoms with E-state index in [-0.39, 0.29) is 6.10 Å². The molecule has 1 aromatic carbocycles. The molecule has 4 rings (SSSR count). The van der Waals surface area contributed by atoms with Crippen molar-refractivity contribution in [1.82, 2.24) is 25.2 Å². The third-order valence-electron chi connectivity index (χ3n) is 4.46. The Kier molecular flexibility index (Phi) is 4.68. The smallest absolute Gasteiger partial charge is 0.191 e. The van der Waals surface area contributed by atoms with Gasteiger partial charge in [-0.1, -0.05) is 24.3 Å². The Balaban J connectivity index is 1.25. The van der Waals surface area contributed by atoms with Crippen molar-refractivity contribution in [3.63, 3.8) is 0 Å². The Hall–Kier alpha value is -3.09. The fraction of sp³-hybridized carbons (Fsp3) is 0.316. The van der Waals surface area contributed by atoms with Crippen molar-refractivity contribution in [3.8, 4) is 5.75 Å². The van der Waals surface area contributed by atoms with Crippen LogP contribution in [0.4, 0.5) is 0 Å². The number of aliphatic imine (C=N–C) groups is 1. The van der Waals surface area contributed by atoms with Gasteiger partial charge in [0.2, 0.25) is 0 Å². The Morgan fingerprint density at radius 2 is 2.08 bits per heavy atom. The van der Waals surface area contributed by atoms with Crippen molar-refractivity contribution in [1.29, 1.82) is 0 Å². The van der Waals surface area contributed by atoms with E-state index < -0.39 is 0 Å². The van der Waals surface area contributed by atoms with Gasteiger partial charge in [-0.15, -0.1) is 10.2 Å². The normalized spacial score (nSPS) is 16.3. The van der Waals surface area contributed by atoms with E-state index in [4.69, 9.17) is 4.74 Å². The van der Waals surface area contributed by atoms with Gasteiger partial charge in [-0.2, -0.15) is 0 Å². The Morgan fingerprint density at radius 3 is 2.96 bits per heavy atom. The molecule has 0 saturated heterocycles. The second kappa shape index (κ2) is 7.43. The lowest BCUT2D eigenvalue weighted by molar-refractivity contribution is 0.235. The van der Waals surface area contributed by atoms with Crippen LogP contribution in [-0.2, 0) is 12.8 Å². The summed E-state index contributed by atoms with van der Waals surface area (Å²) in [6, 6.07) is 14.1. The summed E-state index contributed by atoms with van der Waals surface area (Å²) in [6.45, 7) is 1.43. The number of hydrogen-bond acceptors (Lipinski definition) is 4. The molecule has 7 heteroatoms. The maximum Gasteiger partial charge on any atom is 0.191 e. The number of benzene rings is 1. The molecule has 7 nitrogen and oxygen atoms in total. The molecule has 3 aromatic rings. The van der Waals surface area contributed by atoms with Crippen LogP contribution in [0.2, 0.25) is 0 Å². The predicted molar refractivity (Wildman–Crippen MR) is 101 cm³/mol. The monoisotopic (exact) mass is 350 g/mol. The first-order valence-electron chi connectivity index (χ1n) is 8.81.